The quantitative estimate of drug-likeness (QED) is 0.719. The van der Waals surface area contributed by atoms with Crippen LogP contribution in [-0.2, 0) is 6.42 Å². The molecule has 0 fully saturated rings. The molecule has 1 N–H and O–H groups in total. The van der Waals surface area contributed by atoms with E-state index < -0.39 is 11.6 Å². The number of benzene rings is 1. The molecule has 3 heteroatoms. The third kappa shape index (κ3) is 4.65. The molecule has 0 spiro atoms. The summed E-state index contributed by atoms with van der Waals surface area (Å²) in [5.41, 5.74) is 0.557. The average molecular weight is 239 g/mol. The van der Waals surface area contributed by atoms with Gasteiger partial charge in [-0.3, -0.25) is 0 Å². The van der Waals surface area contributed by atoms with Gasteiger partial charge in [0.25, 0.3) is 0 Å². The van der Waals surface area contributed by atoms with Crippen LogP contribution in [0.5, 0.6) is 0 Å². The van der Waals surface area contributed by atoms with Gasteiger partial charge < -0.3 is 5.32 Å². The summed E-state index contributed by atoms with van der Waals surface area (Å²) >= 11 is 0. The molecule has 0 aromatic heterocycles. The normalized spacial score (nSPS) is 12.4. The fourth-order valence-electron chi connectivity index (χ4n) is 1.84. The summed E-state index contributed by atoms with van der Waals surface area (Å²) in [6.45, 7) is 6.53. The molecule has 0 aliphatic carbocycles. The molecule has 1 aromatic carbocycles. The van der Waals surface area contributed by atoms with Crippen LogP contribution in [0.15, 0.2) is 30.9 Å². The van der Waals surface area contributed by atoms with Gasteiger partial charge >= 0.3 is 0 Å². The molecule has 1 nitrogen and oxygen atoms in total. The van der Waals surface area contributed by atoms with Crippen molar-refractivity contribution in [1.82, 2.24) is 5.32 Å². The Morgan fingerprint density at radius 2 is 2.18 bits per heavy atom. The second-order valence-electron chi connectivity index (χ2n) is 4.06. The molecule has 0 bridgehead atoms. The van der Waals surface area contributed by atoms with Gasteiger partial charge in [-0.1, -0.05) is 19.1 Å². The van der Waals surface area contributed by atoms with Gasteiger partial charge in [0.2, 0.25) is 0 Å². The van der Waals surface area contributed by atoms with Gasteiger partial charge in [-0.15, -0.1) is 6.58 Å². The van der Waals surface area contributed by atoms with E-state index in [1.807, 2.05) is 13.0 Å². The van der Waals surface area contributed by atoms with E-state index in [4.69, 9.17) is 0 Å². The van der Waals surface area contributed by atoms with Crippen molar-refractivity contribution >= 4 is 0 Å². The monoisotopic (exact) mass is 239 g/mol. The summed E-state index contributed by atoms with van der Waals surface area (Å²) < 4.78 is 26.3. The fraction of sp³-hybridized carbons (Fsp3) is 0.429. The SMILES string of the molecule is C=CCCC(Cc1ccc(F)cc1F)NCC. The number of hydrogen-bond acceptors (Lipinski definition) is 1. The number of hydrogen-bond donors (Lipinski definition) is 1. The standard InChI is InChI=1S/C14H19F2N/c1-3-5-6-13(17-4-2)9-11-7-8-12(15)10-14(11)16/h3,7-8,10,13,17H,1,4-6,9H2,2H3. The van der Waals surface area contributed by atoms with Crippen molar-refractivity contribution in [3.05, 3.63) is 48.1 Å². The second-order valence-corrected chi connectivity index (χ2v) is 4.06. The van der Waals surface area contributed by atoms with Gasteiger partial charge in [-0.2, -0.15) is 0 Å². The molecule has 0 radical (unpaired) electrons. The molecule has 1 rings (SSSR count). The Labute approximate surface area is 102 Å². The number of allylic oxidation sites excluding steroid dienone is 1. The zero-order chi connectivity index (χ0) is 12.7. The van der Waals surface area contributed by atoms with Crippen LogP contribution in [0.1, 0.15) is 25.3 Å². The minimum Gasteiger partial charge on any atom is -0.314 e. The van der Waals surface area contributed by atoms with Crippen LogP contribution < -0.4 is 5.32 Å². The molecule has 1 aromatic rings. The maximum absolute atomic E-state index is 13.5. The van der Waals surface area contributed by atoms with Crippen molar-refractivity contribution in [2.45, 2.75) is 32.2 Å². The highest BCUT2D eigenvalue weighted by atomic mass is 19.1. The molecule has 0 aliphatic heterocycles. The molecule has 0 aliphatic rings. The number of halogens is 2. The molecule has 94 valence electrons. The minimum atomic E-state index is -0.530. The Morgan fingerprint density at radius 3 is 2.76 bits per heavy atom. The maximum atomic E-state index is 13.5. The van der Waals surface area contributed by atoms with Gasteiger partial charge in [0.05, 0.1) is 0 Å². The molecule has 0 amide bonds. The molecule has 0 heterocycles. The Kier molecular flexibility index (Phi) is 5.84. The summed E-state index contributed by atoms with van der Waals surface area (Å²) in [5, 5.41) is 3.30. The van der Waals surface area contributed by atoms with Crippen LogP contribution in [0.3, 0.4) is 0 Å². The van der Waals surface area contributed by atoms with E-state index in [2.05, 4.69) is 11.9 Å². The molecule has 1 unspecified atom stereocenters. The Morgan fingerprint density at radius 1 is 1.41 bits per heavy atom. The van der Waals surface area contributed by atoms with Crippen LogP contribution in [0.4, 0.5) is 8.78 Å². The average Bonchev–Trinajstić information content (AvgIpc) is 2.29. The first kappa shape index (κ1) is 13.8. The highest BCUT2D eigenvalue weighted by Gasteiger charge is 2.11. The number of nitrogens with one attached hydrogen (secondary N) is 1. The van der Waals surface area contributed by atoms with Crippen molar-refractivity contribution in [3.8, 4) is 0 Å². The molecular weight excluding hydrogens is 220 g/mol. The fourth-order valence-corrected chi connectivity index (χ4v) is 1.84. The van der Waals surface area contributed by atoms with E-state index in [0.717, 1.165) is 25.5 Å². The van der Waals surface area contributed by atoms with Gasteiger partial charge in [0, 0.05) is 12.1 Å². The Bertz CT molecular complexity index is 363. The molecule has 1 atom stereocenters. The lowest BCUT2D eigenvalue weighted by atomic mass is 10.0. The predicted octanol–water partition coefficient (Wildman–Crippen LogP) is 3.45. The summed E-state index contributed by atoms with van der Waals surface area (Å²) in [5.74, 6) is -0.996. The van der Waals surface area contributed by atoms with E-state index >= 15 is 0 Å². The molecular formula is C14H19F2N. The first-order valence-electron chi connectivity index (χ1n) is 5.95. The lowest BCUT2D eigenvalue weighted by molar-refractivity contribution is 0.480. The van der Waals surface area contributed by atoms with Crippen LogP contribution in [0, 0.1) is 11.6 Å². The number of likely N-dealkylation sites (N-methyl/N-ethyl adjacent to an activating group) is 1. The third-order valence-electron chi connectivity index (χ3n) is 2.69. The van der Waals surface area contributed by atoms with Crippen LogP contribution >= 0.6 is 0 Å². The van der Waals surface area contributed by atoms with Crippen molar-refractivity contribution in [2.75, 3.05) is 6.54 Å². The predicted molar refractivity (Wildman–Crippen MR) is 67.0 cm³/mol. The topological polar surface area (TPSA) is 12.0 Å². The van der Waals surface area contributed by atoms with E-state index in [1.165, 1.54) is 12.1 Å². The van der Waals surface area contributed by atoms with Crippen LogP contribution in [0.25, 0.3) is 0 Å². The van der Waals surface area contributed by atoms with Crippen molar-refractivity contribution in [2.24, 2.45) is 0 Å². The largest absolute Gasteiger partial charge is 0.314 e. The maximum Gasteiger partial charge on any atom is 0.129 e. The first-order chi connectivity index (χ1) is 8.17. The second kappa shape index (κ2) is 7.17. The lowest BCUT2D eigenvalue weighted by Crippen LogP contribution is -2.31. The Hall–Kier alpha value is -1.22. The zero-order valence-electron chi connectivity index (χ0n) is 10.2. The van der Waals surface area contributed by atoms with E-state index in [1.54, 1.807) is 0 Å². The number of rotatable bonds is 7. The third-order valence-corrected chi connectivity index (χ3v) is 2.69. The van der Waals surface area contributed by atoms with Crippen molar-refractivity contribution in [1.29, 1.82) is 0 Å². The smallest absolute Gasteiger partial charge is 0.129 e. The molecule has 0 saturated carbocycles. The van der Waals surface area contributed by atoms with Gasteiger partial charge in [-0.25, -0.2) is 8.78 Å². The van der Waals surface area contributed by atoms with Crippen molar-refractivity contribution in [3.63, 3.8) is 0 Å². The highest BCUT2D eigenvalue weighted by molar-refractivity contribution is 5.19. The van der Waals surface area contributed by atoms with E-state index in [-0.39, 0.29) is 6.04 Å². The van der Waals surface area contributed by atoms with Gasteiger partial charge in [-0.05, 0) is 37.4 Å². The highest BCUT2D eigenvalue weighted by Crippen LogP contribution is 2.13. The summed E-state index contributed by atoms with van der Waals surface area (Å²) in [4.78, 5) is 0. The lowest BCUT2D eigenvalue weighted by Gasteiger charge is -2.17. The summed E-state index contributed by atoms with van der Waals surface area (Å²) in [6, 6.07) is 3.96. The molecule has 0 saturated heterocycles. The van der Waals surface area contributed by atoms with Crippen LogP contribution in [0.2, 0.25) is 0 Å². The van der Waals surface area contributed by atoms with Crippen molar-refractivity contribution < 1.29 is 8.78 Å². The van der Waals surface area contributed by atoms with Gasteiger partial charge in [0.1, 0.15) is 11.6 Å². The molecule has 17 heavy (non-hydrogen) atoms. The minimum absolute atomic E-state index is 0.206. The van der Waals surface area contributed by atoms with Gasteiger partial charge in [0.15, 0.2) is 0 Å². The van der Waals surface area contributed by atoms with Crippen LogP contribution in [-0.4, -0.2) is 12.6 Å². The Balaban J connectivity index is 2.67. The van der Waals surface area contributed by atoms with E-state index in [0.29, 0.717) is 12.0 Å². The summed E-state index contributed by atoms with van der Waals surface area (Å²) in [6.07, 6.45) is 4.23. The summed E-state index contributed by atoms with van der Waals surface area (Å²) in [7, 11) is 0. The first-order valence-corrected chi connectivity index (χ1v) is 5.95. The van der Waals surface area contributed by atoms with E-state index in [9.17, 15) is 8.78 Å². The zero-order valence-corrected chi connectivity index (χ0v) is 10.2.